The Morgan fingerprint density at radius 1 is 1.70 bits per heavy atom. The van der Waals surface area contributed by atoms with Crippen LogP contribution in [0, 0.1) is 11.8 Å². The summed E-state index contributed by atoms with van der Waals surface area (Å²) in [5, 5.41) is 6.50. The SMILES string of the molecule is SCCC#Cc1ccn[nH]1. The molecule has 1 aromatic heterocycles. The van der Waals surface area contributed by atoms with E-state index in [9.17, 15) is 0 Å². The van der Waals surface area contributed by atoms with Crippen molar-refractivity contribution in [2.45, 2.75) is 6.42 Å². The summed E-state index contributed by atoms with van der Waals surface area (Å²) in [6.45, 7) is 0. The van der Waals surface area contributed by atoms with E-state index in [-0.39, 0.29) is 0 Å². The van der Waals surface area contributed by atoms with Crippen molar-refractivity contribution in [3.63, 3.8) is 0 Å². The molecule has 0 radical (unpaired) electrons. The summed E-state index contributed by atoms with van der Waals surface area (Å²) in [6, 6.07) is 1.84. The standard InChI is InChI=1S/C7H8N2S/c10-6-2-1-3-7-4-5-8-9-7/h4-5,10H,2,6H2,(H,8,9). The Hall–Kier alpha value is -0.880. The van der Waals surface area contributed by atoms with Crippen LogP contribution in [0.4, 0.5) is 0 Å². The lowest BCUT2D eigenvalue weighted by atomic mass is 10.4. The summed E-state index contributed by atoms with van der Waals surface area (Å²) in [6.07, 6.45) is 2.51. The Balaban J connectivity index is 2.49. The molecule has 1 aromatic rings. The predicted molar refractivity (Wildman–Crippen MR) is 43.9 cm³/mol. The molecule has 10 heavy (non-hydrogen) atoms. The van der Waals surface area contributed by atoms with E-state index in [2.05, 4.69) is 34.7 Å². The molecule has 0 saturated heterocycles. The topological polar surface area (TPSA) is 28.7 Å². The lowest BCUT2D eigenvalue weighted by Gasteiger charge is -1.77. The van der Waals surface area contributed by atoms with Gasteiger partial charge in [-0.3, -0.25) is 5.10 Å². The van der Waals surface area contributed by atoms with Gasteiger partial charge >= 0.3 is 0 Å². The minimum absolute atomic E-state index is 0.807. The molecule has 0 fully saturated rings. The minimum atomic E-state index is 0.807. The molecule has 0 atom stereocenters. The average molecular weight is 152 g/mol. The number of nitrogens with zero attached hydrogens (tertiary/aromatic N) is 1. The first-order chi connectivity index (χ1) is 4.93. The molecule has 0 saturated carbocycles. The van der Waals surface area contributed by atoms with Gasteiger partial charge in [0, 0.05) is 18.4 Å². The first-order valence-corrected chi connectivity index (χ1v) is 3.66. The van der Waals surface area contributed by atoms with Crippen LogP contribution >= 0.6 is 12.6 Å². The molecule has 0 aliphatic rings. The third-order valence-corrected chi connectivity index (χ3v) is 1.18. The van der Waals surface area contributed by atoms with Crippen molar-refractivity contribution in [1.29, 1.82) is 0 Å². The molecule has 0 amide bonds. The van der Waals surface area contributed by atoms with Crippen LogP contribution in [0.2, 0.25) is 0 Å². The van der Waals surface area contributed by atoms with Crippen LogP contribution in [-0.2, 0) is 0 Å². The van der Waals surface area contributed by atoms with Crippen molar-refractivity contribution in [2.24, 2.45) is 0 Å². The predicted octanol–water partition coefficient (Wildman–Crippen LogP) is 1.08. The fraction of sp³-hybridized carbons (Fsp3) is 0.286. The zero-order valence-electron chi connectivity index (χ0n) is 5.46. The van der Waals surface area contributed by atoms with E-state index in [1.165, 1.54) is 0 Å². The van der Waals surface area contributed by atoms with Gasteiger partial charge in [0.1, 0.15) is 5.69 Å². The van der Waals surface area contributed by atoms with Crippen molar-refractivity contribution in [1.82, 2.24) is 10.2 Å². The van der Waals surface area contributed by atoms with Crippen LogP contribution in [0.5, 0.6) is 0 Å². The number of H-pyrrole nitrogens is 1. The first kappa shape index (κ1) is 7.23. The number of aromatic amines is 1. The zero-order valence-corrected chi connectivity index (χ0v) is 6.36. The zero-order chi connectivity index (χ0) is 7.23. The molecule has 0 unspecified atom stereocenters. The highest BCUT2D eigenvalue weighted by molar-refractivity contribution is 7.80. The molecule has 1 heterocycles. The molecular formula is C7H8N2S. The summed E-state index contributed by atoms with van der Waals surface area (Å²) < 4.78 is 0. The van der Waals surface area contributed by atoms with Gasteiger partial charge in [0.05, 0.1) is 0 Å². The molecule has 52 valence electrons. The molecule has 0 aromatic carbocycles. The third-order valence-electron chi connectivity index (χ3n) is 0.961. The van der Waals surface area contributed by atoms with E-state index in [4.69, 9.17) is 0 Å². The van der Waals surface area contributed by atoms with E-state index in [0.29, 0.717) is 0 Å². The van der Waals surface area contributed by atoms with Crippen molar-refractivity contribution >= 4 is 12.6 Å². The van der Waals surface area contributed by atoms with Crippen molar-refractivity contribution < 1.29 is 0 Å². The van der Waals surface area contributed by atoms with Gasteiger partial charge in [0.2, 0.25) is 0 Å². The highest BCUT2D eigenvalue weighted by atomic mass is 32.1. The fourth-order valence-corrected chi connectivity index (χ4v) is 0.651. The van der Waals surface area contributed by atoms with Gasteiger partial charge in [-0.25, -0.2) is 0 Å². The second-order valence-electron chi connectivity index (χ2n) is 1.75. The highest BCUT2D eigenvalue weighted by Crippen LogP contribution is 1.87. The number of rotatable bonds is 1. The van der Waals surface area contributed by atoms with Gasteiger partial charge in [-0.1, -0.05) is 5.92 Å². The van der Waals surface area contributed by atoms with Gasteiger partial charge in [-0.2, -0.15) is 17.7 Å². The van der Waals surface area contributed by atoms with Crippen LogP contribution in [0.25, 0.3) is 0 Å². The minimum Gasteiger partial charge on any atom is -0.270 e. The molecule has 0 aliphatic heterocycles. The third kappa shape index (κ3) is 2.16. The quantitative estimate of drug-likeness (QED) is 0.457. The molecular weight excluding hydrogens is 144 g/mol. The van der Waals surface area contributed by atoms with E-state index in [0.717, 1.165) is 17.9 Å². The van der Waals surface area contributed by atoms with Crippen LogP contribution in [0.15, 0.2) is 12.3 Å². The van der Waals surface area contributed by atoms with Crippen LogP contribution < -0.4 is 0 Å². The average Bonchev–Trinajstić information content (AvgIpc) is 2.41. The lowest BCUT2D eigenvalue weighted by molar-refractivity contribution is 1.08. The van der Waals surface area contributed by atoms with E-state index in [1.807, 2.05) is 6.07 Å². The van der Waals surface area contributed by atoms with Crippen molar-refractivity contribution in [3.05, 3.63) is 18.0 Å². The summed E-state index contributed by atoms with van der Waals surface area (Å²) in [5.41, 5.74) is 0.863. The van der Waals surface area contributed by atoms with Gasteiger partial charge in [0.15, 0.2) is 0 Å². The van der Waals surface area contributed by atoms with E-state index in [1.54, 1.807) is 6.20 Å². The molecule has 1 rings (SSSR count). The van der Waals surface area contributed by atoms with Crippen LogP contribution in [0.1, 0.15) is 12.1 Å². The smallest absolute Gasteiger partial charge is 0.107 e. The number of aromatic nitrogens is 2. The Morgan fingerprint density at radius 3 is 3.20 bits per heavy atom. The second kappa shape index (κ2) is 4.02. The Morgan fingerprint density at radius 2 is 2.60 bits per heavy atom. The van der Waals surface area contributed by atoms with Gasteiger partial charge < -0.3 is 0 Å². The largest absolute Gasteiger partial charge is 0.270 e. The molecule has 2 nitrogen and oxygen atoms in total. The number of hydrogen-bond acceptors (Lipinski definition) is 2. The van der Waals surface area contributed by atoms with Gasteiger partial charge in [-0.05, 0) is 12.0 Å². The molecule has 0 spiro atoms. The van der Waals surface area contributed by atoms with Gasteiger partial charge in [-0.15, -0.1) is 0 Å². The monoisotopic (exact) mass is 152 g/mol. The summed E-state index contributed by atoms with van der Waals surface area (Å²) in [4.78, 5) is 0. The van der Waals surface area contributed by atoms with Crippen LogP contribution in [0.3, 0.4) is 0 Å². The van der Waals surface area contributed by atoms with Crippen LogP contribution in [-0.4, -0.2) is 16.0 Å². The highest BCUT2D eigenvalue weighted by Gasteiger charge is 1.81. The first-order valence-electron chi connectivity index (χ1n) is 3.02. The Bertz CT molecular complexity index is 230. The summed E-state index contributed by atoms with van der Waals surface area (Å²) in [5.74, 6) is 6.66. The van der Waals surface area contributed by atoms with Crippen molar-refractivity contribution in [2.75, 3.05) is 5.75 Å². The maximum Gasteiger partial charge on any atom is 0.107 e. The van der Waals surface area contributed by atoms with E-state index >= 15 is 0 Å². The molecule has 3 heteroatoms. The normalized spacial score (nSPS) is 8.50. The van der Waals surface area contributed by atoms with E-state index < -0.39 is 0 Å². The summed E-state index contributed by atoms with van der Waals surface area (Å²) >= 11 is 4.02. The lowest BCUT2D eigenvalue weighted by Crippen LogP contribution is -1.73. The summed E-state index contributed by atoms with van der Waals surface area (Å²) in [7, 11) is 0. The Labute approximate surface area is 65.4 Å². The number of nitrogens with one attached hydrogen (secondary N) is 1. The second-order valence-corrected chi connectivity index (χ2v) is 2.19. The molecule has 0 bridgehead atoms. The molecule has 0 aliphatic carbocycles. The number of hydrogen-bond donors (Lipinski definition) is 2. The Kier molecular flexibility index (Phi) is 2.91. The maximum atomic E-state index is 4.02. The number of thiol groups is 1. The van der Waals surface area contributed by atoms with Gasteiger partial charge in [0.25, 0.3) is 0 Å². The van der Waals surface area contributed by atoms with Crippen molar-refractivity contribution in [3.8, 4) is 11.8 Å². The fourth-order valence-electron chi connectivity index (χ4n) is 0.539. The molecule has 1 N–H and O–H groups in total. The maximum absolute atomic E-state index is 4.02.